The van der Waals surface area contributed by atoms with Crippen LogP contribution in [0.2, 0.25) is 0 Å². The molecule has 21 heavy (non-hydrogen) atoms. The molecule has 0 saturated carbocycles. The number of aryl methyl sites for hydroxylation is 2. The zero-order chi connectivity index (χ0) is 15.4. The van der Waals surface area contributed by atoms with Crippen LogP contribution in [-0.4, -0.2) is 36.5 Å². The fourth-order valence-electron chi connectivity index (χ4n) is 3.04. The van der Waals surface area contributed by atoms with Crippen LogP contribution in [0.1, 0.15) is 48.2 Å². The SMILES string of the molecule is Cc1ccc(C(=O)NCC(C(C)C)N2CCCC2)cc1C. The van der Waals surface area contributed by atoms with Gasteiger partial charge in [-0.15, -0.1) is 0 Å². The monoisotopic (exact) mass is 288 g/mol. The van der Waals surface area contributed by atoms with Crippen molar-refractivity contribution in [3.05, 3.63) is 34.9 Å². The summed E-state index contributed by atoms with van der Waals surface area (Å²) in [6, 6.07) is 6.36. The number of rotatable bonds is 5. The predicted octanol–water partition coefficient (Wildman–Crippen LogP) is 3.15. The van der Waals surface area contributed by atoms with Crippen molar-refractivity contribution in [1.29, 1.82) is 0 Å². The summed E-state index contributed by atoms with van der Waals surface area (Å²) in [7, 11) is 0. The summed E-state index contributed by atoms with van der Waals surface area (Å²) < 4.78 is 0. The topological polar surface area (TPSA) is 32.3 Å². The number of likely N-dealkylation sites (tertiary alicyclic amines) is 1. The van der Waals surface area contributed by atoms with Gasteiger partial charge in [-0.05, 0) is 69.0 Å². The number of nitrogens with one attached hydrogen (secondary N) is 1. The summed E-state index contributed by atoms with van der Waals surface area (Å²) in [5, 5.41) is 3.12. The van der Waals surface area contributed by atoms with E-state index < -0.39 is 0 Å². The summed E-state index contributed by atoms with van der Waals surface area (Å²) in [6.45, 7) is 11.7. The molecule has 3 heteroatoms. The second-order valence-corrected chi connectivity index (χ2v) is 6.56. The van der Waals surface area contributed by atoms with Crippen molar-refractivity contribution in [2.45, 2.75) is 46.6 Å². The van der Waals surface area contributed by atoms with E-state index in [-0.39, 0.29) is 5.91 Å². The van der Waals surface area contributed by atoms with Crippen molar-refractivity contribution < 1.29 is 4.79 Å². The average Bonchev–Trinajstić information content (AvgIpc) is 2.95. The smallest absolute Gasteiger partial charge is 0.251 e. The van der Waals surface area contributed by atoms with Crippen molar-refractivity contribution in [2.24, 2.45) is 5.92 Å². The van der Waals surface area contributed by atoms with Gasteiger partial charge < -0.3 is 5.32 Å². The summed E-state index contributed by atoms with van der Waals surface area (Å²) in [6.07, 6.45) is 2.57. The summed E-state index contributed by atoms with van der Waals surface area (Å²) in [5.41, 5.74) is 3.16. The van der Waals surface area contributed by atoms with Crippen LogP contribution in [0, 0.1) is 19.8 Å². The van der Waals surface area contributed by atoms with Gasteiger partial charge in [0, 0.05) is 18.2 Å². The third-order valence-electron chi connectivity index (χ3n) is 4.62. The first kappa shape index (κ1) is 16.0. The molecule has 1 fully saturated rings. The van der Waals surface area contributed by atoms with E-state index in [1.165, 1.54) is 37.1 Å². The number of hydrogen-bond donors (Lipinski definition) is 1. The van der Waals surface area contributed by atoms with E-state index in [2.05, 4.69) is 31.0 Å². The fourth-order valence-corrected chi connectivity index (χ4v) is 3.04. The molecule has 0 spiro atoms. The fraction of sp³-hybridized carbons (Fsp3) is 0.611. The summed E-state index contributed by atoms with van der Waals surface area (Å²) >= 11 is 0. The van der Waals surface area contributed by atoms with Gasteiger partial charge in [0.05, 0.1) is 0 Å². The minimum Gasteiger partial charge on any atom is -0.350 e. The van der Waals surface area contributed by atoms with E-state index in [0.29, 0.717) is 12.0 Å². The number of carbonyl (C=O) groups is 1. The molecule has 1 aliphatic rings. The molecule has 1 saturated heterocycles. The summed E-state index contributed by atoms with van der Waals surface area (Å²) in [5.74, 6) is 0.603. The first-order valence-electron chi connectivity index (χ1n) is 8.08. The van der Waals surface area contributed by atoms with Crippen LogP contribution < -0.4 is 5.32 Å². The van der Waals surface area contributed by atoms with Crippen molar-refractivity contribution in [3.63, 3.8) is 0 Å². The third-order valence-corrected chi connectivity index (χ3v) is 4.62. The van der Waals surface area contributed by atoms with Gasteiger partial charge in [-0.1, -0.05) is 19.9 Å². The molecule has 3 nitrogen and oxygen atoms in total. The zero-order valence-corrected chi connectivity index (χ0v) is 13.8. The second-order valence-electron chi connectivity index (χ2n) is 6.56. The number of nitrogens with zero attached hydrogens (tertiary/aromatic N) is 1. The largest absolute Gasteiger partial charge is 0.350 e. The van der Waals surface area contributed by atoms with Gasteiger partial charge in [0.1, 0.15) is 0 Å². The molecule has 1 N–H and O–H groups in total. The van der Waals surface area contributed by atoms with Crippen LogP contribution in [0.4, 0.5) is 0 Å². The van der Waals surface area contributed by atoms with E-state index in [0.717, 1.165) is 12.1 Å². The Morgan fingerprint density at radius 2 is 1.86 bits per heavy atom. The lowest BCUT2D eigenvalue weighted by molar-refractivity contribution is 0.0927. The highest BCUT2D eigenvalue weighted by Crippen LogP contribution is 2.17. The van der Waals surface area contributed by atoms with Gasteiger partial charge in [0.2, 0.25) is 0 Å². The molecule has 1 amide bonds. The normalized spacial score (nSPS) is 17.2. The number of carbonyl (C=O) groups excluding carboxylic acids is 1. The first-order chi connectivity index (χ1) is 9.99. The van der Waals surface area contributed by atoms with Crippen molar-refractivity contribution in [3.8, 4) is 0 Å². The van der Waals surface area contributed by atoms with Crippen molar-refractivity contribution >= 4 is 5.91 Å². The van der Waals surface area contributed by atoms with E-state index in [1.54, 1.807) is 0 Å². The van der Waals surface area contributed by atoms with Gasteiger partial charge in [0.25, 0.3) is 5.91 Å². The molecule has 0 aliphatic carbocycles. The van der Waals surface area contributed by atoms with E-state index in [9.17, 15) is 4.79 Å². The lowest BCUT2D eigenvalue weighted by Crippen LogP contribution is -2.45. The minimum absolute atomic E-state index is 0.0444. The molecular weight excluding hydrogens is 260 g/mol. The van der Waals surface area contributed by atoms with Gasteiger partial charge in [-0.3, -0.25) is 9.69 Å². The Morgan fingerprint density at radius 3 is 2.43 bits per heavy atom. The minimum atomic E-state index is 0.0444. The van der Waals surface area contributed by atoms with Gasteiger partial charge in [0.15, 0.2) is 0 Å². The number of benzene rings is 1. The molecule has 0 aromatic heterocycles. The number of amides is 1. The average molecular weight is 288 g/mol. The Balaban J connectivity index is 1.96. The molecule has 0 bridgehead atoms. The molecule has 1 unspecified atom stereocenters. The molecule has 1 aliphatic heterocycles. The third kappa shape index (κ3) is 4.07. The molecule has 1 heterocycles. The maximum absolute atomic E-state index is 12.3. The Labute approximate surface area is 128 Å². The molecule has 1 atom stereocenters. The van der Waals surface area contributed by atoms with Gasteiger partial charge in [-0.2, -0.15) is 0 Å². The second kappa shape index (κ2) is 7.08. The maximum atomic E-state index is 12.3. The predicted molar refractivity (Wildman–Crippen MR) is 87.7 cm³/mol. The van der Waals surface area contributed by atoms with Crippen LogP contribution in [-0.2, 0) is 0 Å². The van der Waals surface area contributed by atoms with Crippen LogP contribution >= 0.6 is 0 Å². The quantitative estimate of drug-likeness (QED) is 0.902. The first-order valence-corrected chi connectivity index (χ1v) is 8.08. The highest BCUT2D eigenvalue weighted by Gasteiger charge is 2.25. The zero-order valence-electron chi connectivity index (χ0n) is 13.8. The molecule has 2 rings (SSSR count). The molecule has 0 radical (unpaired) electrons. The van der Waals surface area contributed by atoms with Crippen LogP contribution in [0.5, 0.6) is 0 Å². The van der Waals surface area contributed by atoms with Gasteiger partial charge >= 0.3 is 0 Å². The highest BCUT2D eigenvalue weighted by molar-refractivity contribution is 5.94. The Kier molecular flexibility index (Phi) is 5.40. The Morgan fingerprint density at radius 1 is 1.19 bits per heavy atom. The van der Waals surface area contributed by atoms with E-state index in [1.807, 2.05) is 25.1 Å². The van der Waals surface area contributed by atoms with Crippen molar-refractivity contribution in [2.75, 3.05) is 19.6 Å². The Hall–Kier alpha value is -1.35. The van der Waals surface area contributed by atoms with Crippen LogP contribution in [0.25, 0.3) is 0 Å². The maximum Gasteiger partial charge on any atom is 0.251 e. The van der Waals surface area contributed by atoms with E-state index >= 15 is 0 Å². The summed E-state index contributed by atoms with van der Waals surface area (Å²) in [4.78, 5) is 14.8. The number of hydrogen-bond acceptors (Lipinski definition) is 2. The van der Waals surface area contributed by atoms with Crippen LogP contribution in [0.15, 0.2) is 18.2 Å². The lowest BCUT2D eigenvalue weighted by Gasteiger charge is -2.31. The van der Waals surface area contributed by atoms with E-state index in [4.69, 9.17) is 0 Å². The molecule has 1 aromatic rings. The molecule has 1 aromatic carbocycles. The standard InChI is InChI=1S/C18H28N2O/c1-13(2)17(20-9-5-6-10-20)12-19-18(21)16-8-7-14(3)15(4)11-16/h7-8,11,13,17H,5-6,9-10,12H2,1-4H3,(H,19,21). The van der Waals surface area contributed by atoms with Gasteiger partial charge in [-0.25, -0.2) is 0 Å². The molecular formula is C18H28N2O. The highest BCUT2D eigenvalue weighted by atomic mass is 16.1. The molecule has 116 valence electrons. The van der Waals surface area contributed by atoms with Crippen LogP contribution in [0.3, 0.4) is 0 Å². The lowest BCUT2D eigenvalue weighted by atomic mass is 10.0. The van der Waals surface area contributed by atoms with Crippen molar-refractivity contribution in [1.82, 2.24) is 10.2 Å². The Bertz CT molecular complexity index is 490.